The number of rotatable bonds is 0. The summed E-state index contributed by atoms with van der Waals surface area (Å²) in [5.74, 6) is 0.472. The SMILES string of the molecule is Oc1ccc2c(c1)C1(c3cc(O)ccc3-c3ccc(Br)cc31)c1cc(Br)ccc1-2. The van der Waals surface area contributed by atoms with Crippen molar-refractivity contribution in [2.75, 3.05) is 0 Å². The van der Waals surface area contributed by atoms with Gasteiger partial charge in [-0.2, -0.15) is 0 Å². The number of phenolic OH excluding ortho intramolecular Hbond substituents is 2. The van der Waals surface area contributed by atoms with Gasteiger partial charge in [0.1, 0.15) is 11.5 Å². The first-order valence-electron chi connectivity index (χ1n) is 9.28. The first-order chi connectivity index (χ1) is 14.0. The zero-order valence-corrected chi connectivity index (χ0v) is 18.3. The number of phenols is 2. The van der Waals surface area contributed by atoms with E-state index in [2.05, 4.69) is 68.3 Å². The number of halogens is 2. The third-order valence-electron chi connectivity index (χ3n) is 6.17. The minimum atomic E-state index is -0.597. The third-order valence-corrected chi connectivity index (χ3v) is 7.15. The second-order valence-corrected chi connectivity index (χ2v) is 9.42. The van der Waals surface area contributed by atoms with Gasteiger partial charge >= 0.3 is 0 Å². The molecule has 4 heteroatoms. The first kappa shape index (κ1) is 17.3. The zero-order valence-electron chi connectivity index (χ0n) is 15.1. The molecule has 2 aliphatic carbocycles. The van der Waals surface area contributed by atoms with Crippen LogP contribution in [0.2, 0.25) is 0 Å². The fourth-order valence-corrected chi connectivity index (χ4v) is 5.87. The van der Waals surface area contributed by atoms with Gasteiger partial charge in [-0.3, -0.25) is 0 Å². The van der Waals surface area contributed by atoms with Crippen molar-refractivity contribution < 1.29 is 10.2 Å². The average Bonchev–Trinajstić information content (AvgIpc) is 3.13. The van der Waals surface area contributed by atoms with E-state index < -0.39 is 5.41 Å². The fourth-order valence-electron chi connectivity index (χ4n) is 5.15. The summed E-state index contributed by atoms with van der Waals surface area (Å²) in [7, 11) is 0. The minimum absolute atomic E-state index is 0.236. The maximum absolute atomic E-state index is 10.4. The van der Waals surface area contributed by atoms with Crippen molar-refractivity contribution in [3.05, 3.63) is 104 Å². The summed E-state index contributed by atoms with van der Waals surface area (Å²) in [6.07, 6.45) is 0. The summed E-state index contributed by atoms with van der Waals surface area (Å²) in [6.45, 7) is 0. The van der Waals surface area contributed by atoms with E-state index in [9.17, 15) is 10.2 Å². The molecule has 4 aromatic rings. The van der Waals surface area contributed by atoms with E-state index in [-0.39, 0.29) is 11.5 Å². The van der Waals surface area contributed by atoms with E-state index in [0.717, 1.165) is 53.5 Å². The van der Waals surface area contributed by atoms with Gasteiger partial charge < -0.3 is 10.2 Å². The number of fused-ring (bicyclic) bond motifs is 10. The van der Waals surface area contributed by atoms with Gasteiger partial charge in [-0.05, 0) is 93.0 Å². The van der Waals surface area contributed by atoms with Crippen LogP contribution in [-0.4, -0.2) is 10.2 Å². The van der Waals surface area contributed by atoms with Crippen molar-refractivity contribution in [1.82, 2.24) is 0 Å². The number of aromatic hydroxyl groups is 2. The molecule has 0 unspecified atom stereocenters. The minimum Gasteiger partial charge on any atom is -0.508 e. The molecule has 0 radical (unpaired) electrons. The van der Waals surface area contributed by atoms with Gasteiger partial charge in [-0.25, -0.2) is 0 Å². The molecule has 140 valence electrons. The molecule has 0 aliphatic heterocycles. The monoisotopic (exact) mass is 504 g/mol. The van der Waals surface area contributed by atoms with E-state index in [1.165, 1.54) is 0 Å². The molecule has 29 heavy (non-hydrogen) atoms. The Kier molecular flexibility index (Phi) is 3.43. The van der Waals surface area contributed by atoms with Crippen molar-refractivity contribution in [2.45, 2.75) is 5.41 Å². The first-order valence-corrected chi connectivity index (χ1v) is 10.9. The lowest BCUT2D eigenvalue weighted by Crippen LogP contribution is -2.25. The predicted molar refractivity (Wildman–Crippen MR) is 121 cm³/mol. The number of hydrogen-bond donors (Lipinski definition) is 2. The van der Waals surface area contributed by atoms with Gasteiger partial charge in [0.2, 0.25) is 0 Å². The molecule has 0 bridgehead atoms. The Hall–Kier alpha value is -2.56. The molecule has 0 amide bonds. The molecule has 2 nitrogen and oxygen atoms in total. The van der Waals surface area contributed by atoms with Gasteiger partial charge in [0.05, 0.1) is 5.41 Å². The summed E-state index contributed by atoms with van der Waals surface area (Å²) in [6, 6.07) is 23.9. The van der Waals surface area contributed by atoms with Gasteiger partial charge in [0.25, 0.3) is 0 Å². The topological polar surface area (TPSA) is 40.5 Å². The van der Waals surface area contributed by atoms with Crippen molar-refractivity contribution in [3.63, 3.8) is 0 Å². The molecule has 4 aromatic carbocycles. The fraction of sp³-hybridized carbons (Fsp3) is 0.0400. The highest BCUT2D eigenvalue weighted by Crippen LogP contribution is 2.64. The highest BCUT2D eigenvalue weighted by Gasteiger charge is 2.52. The summed E-state index contributed by atoms with van der Waals surface area (Å²) in [4.78, 5) is 0. The lowest BCUT2D eigenvalue weighted by Gasteiger charge is -2.30. The van der Waals surface area contributed by atoms with Crippen molar-refractivity contribution in [2.24, 2.45) is 0 Å². The van der Waals surface area contributed by atoms with E-state index in [1.807, 2.05) is 24.3 Å². The predicted octanol–water partition coefficient (Wildman–Crippen LogP) is 6.97. The molecule has 0 aromatic heterocycles. The Labute approximate surface area is 184 Å². The van der Waals surface area contributed by atoms with Crippen LogP contribution >= 0.6 is 31.9 Å². The van der Waals surface area contributed by atoms with Gasteiger partial charge in [-0.15, -0.1) is 0 Å². The van der Waals surface area contributed by atoms with Crippen LogP contribution in [0.4, 0.5) is 0 Å². The Morgan fingerprint density at radius 2 is 0.828 bits per heavy atom. The highest BCUT2D eigenvalue weighted by atomic mass is 79.9. The van der Waals surface area contributed by atoms with Crippen molar-refractivity contribution >= 4 is 31.9 Å². The maximum Gasteiger partial charge on any atom is 0.115 e. The van der Waals surface area contributed by atoms with Crippen LogP contribution < -0.4 is 0 Å². The summed E-state index contributed by atoms with van der Waals surface area (Å²) >= 11 is 7.31. The number of benzene rings is 4. The van der Waals surface area contributed by atoms with Crippen molar-refractivity contribution in [1.29, 1.82) is 0 Å². The molecule has 0 atom stereocenters. The summed E-state index contributed by atoms with van der Waals surface area (Å²) in [5.41, 5.74) is 8.27. The van der Waals surface area contributed by atoms with Crippen LogP contribution in [0.5, 0.6) is 11.5 Å². The second-order valence-electron chi connectivity index (χ2n) is 7.59. The molecule has 6 rings (SSSR count). The Bertz CT molecular complexity index is 1150. The zero-order chi connectivity index (χ0) is 19.9. The van der Waals surface area contributed by atoms with E-state index in [1.54, 1.807) is 12.1 Å². The normalized spacial score (nSPS) is 14.4. The molecule has 0 fully saturated rings. The molecule has 2 N–H and O–H groups in total. The molecule has 2 aliphatic rings. The smallest absolute Gasteiger partial charge is 0.115 e. The standard InChI is InChI=1S/C25H14Br2O2/c26-13-1-5-17-19-7-3-15(28)11-23(19)25(21(17)9-13)22-10-14(27)2-6-18(22)20-8-4-16(29)12-24(20)25/h1-12,28-29H. The van der Waals surface area contributed by atoms with Gasteiger partial charge in [-0.1, -0.05) is 56.1 Å². The van der Waals surface area contributed by atoms with E-state index in [4.69, 9.17) is 0 Å². The van der Waals surface area contributed by atoms with Crippen LogP contribution in [0, 0.1) is 0 Å². The lowest BCUT2D eigenvalue weighted by molar-refractivity contribution is 0.473. The molecular weight excluding hydrogens is 492 g/mol. The average molecular weight is 506 g/mol. The molecule has 1 spiro atoms. The number of hydrogen-bond acceptors (Lipinski definition) is 2. The molecule has 0 heterocycles. The van der Waals surface area contributed by atoms with E-state index in [0.29, 0.717) is 0 Å². The molecule has 0 saturated heterocycles. The van der Waals surface area contributed by atoms with Crippen LogP contribution in [0.15, 0.2) is 81.7 Å². The van der Waals surface area contributed by atoms with Gasteiger partial charge in [0.15, 0.2) is 0 Å². The highest BCUT2D eigenvalue weighted by molar-refractivity contribution is 9.10. The second kappa shape index (κ2) is 5.74. The van der Waals surface area contributed by atoms with Crippen LogP contribution in [0.1, 0.15) is 22.3 Å². The van der Waals surface area contributed by atoms with Crippen molar-refractivity contribution in [3.8, 4) is 33.8 Å². The summed E-state index contributed by atoms with van der Waals surface area (Å²) < 4.78 is 2.00. The summed E-state index contributed by atoms with van der Waals surface area (Å²) in [5, 5.41) is 20.8. The molecular formula is C25H14Br2O2. The Morgan fingerprint density at radius 3 is 1.24 bits per heavy atom. The third kappa shape index (κ3) is 2.11. The van der Waals surface area contributed by atoms with Crippen LogP contribution in [0.3, 0.4) is 0 Å². The largest absolute Gasteiger partial charge is 0.508 e. The van der Waals surface area contributed by atoms with Crippen LogP contribution in [0.25, 0.3) is 22.3 Å². The molecule has 0 saturated carbocycles. The van der Waals surface area contributed by atoms with Gasteiger partial charge in [0, 0.05) is 8.95 Å². The lowest BCUT2D eigenvalue weighted by atomic mass is 9.70. The Balaban J connectivity index is 1.88. The maximum atomic E-state index is 10.4. The quantitative estimate of drug-likeness (QED) is 0.234. The van der Waals surface area contributed by atoms with Crippen LogP contribution in [-0.2, 0) is 5.41 Å². The van der Waals surface area contributed by atoms with E-state index >= 15 is 0 Å². The Morgan fingerprint density at radius 1 is 0.483 bits per heavy atom.